The Labute approximate surface area is 207 Å². The summed E-state index contributed by atoms with van der Waals surface area (Å²) in [6.45, 7) is 0. The summed E-state index contributed by atoms with van der Waals surface area (Å²) in [5, 5.41) is 4.62. The normalized spacial score (nSPS) is 17.5. The van der Waals surface area contributed by atoms with Gasteiger partial charge >= 0.3 is 0 Å². The van der Waals surface area contributed by atoms with Gasteiger partial charge in [0.1, 0.15) is 23.4 Å². The molecule has 5 rings (SSSR count). The predicted octanol–water partition coefficient (Wildman–Crippen LogP) is 5.12. The first-order valence-electron chi connectivity index (χ1n) is 10.6. The van der Waals surface area contributed by atoms with Crippen molar-refractivity contribution in [2.75, 3.05) is 19.1 Å². The van der Waals surface area contributed by atoms with E-state index >= 15 is 0 Å². The number of pyridine rings is 2. The highest BCUT2D eigenvalue weighted by molar-refractivity contribution is 7.80. The van der Waals surface area contributed by atoms with Gasteiger partial charge in [0.05, 0.1) is 36.7 Å². The van der Waals surface area contributed by atoms with Crippen molar-refractivity contribution in [3.8, 4) is 17.3 Å². The Morgan fingerprint density at radius 1 is 1.00 bits per heavy atom. The number of nitrogens with zero attached hydrogens (tertiary/aromatic N) is 4. The Morgan fingerprint density at radius 3 is 2.59 bits per heavy atom. The molecule has 7 nitrogen and oxygen atoms in total. The van der Waals surface area contributed by atoms with Crippen molar-refractivity contribution in [1.29, 1.82) is 0 Å². The van der Waals surface area contributed by atoms with Gasteiger partial charge in [0.15, 0.2) is 5.11 Å². The van der Waals surface area contributed by atoms with E-state index in [1.807, 2.05) is 65.4 Å². The summed E-state index contributed by atoms with van der Waals surface area (Å²) in [5.74, 6) is 2.13. The summed E-state index contributed by atoms with van der Waals surface area (Å²) < 4.78 is 13.2. The van der Waals surface area contributed by atoms with Gasteiger partial charge in [-0.05, 0) is 60.7 Å². The molecule has 9 heteroatoms. The fourth-order valence-corrected chi connectivity index (χ4v) is 4.70. The molecule has 2 atom stereocenters. The van der Waals surface area contributed by atoms with Crippen LogP contribution in [0.2, 0.25) is 5.02 Å². The second kappa shape index (κ2) is 9.32. The fourth-order valence-electron chi connectivity index (χ4n) is 4.25. The largest absolute Gasteiger partial charge is 0.497 e. The van der Waals surface area contributed by atoms with Crippen LogP contribution in [0.4, 0.5) is 5.69 Å². The van der Waals surface area contributed by atoms with Gasteiger partial charge in [0.25, 0.3) is 0 Å². The number of ether oxygens (including phenoxy) is 2. The summed E-state index contributed by atoms with van der Waals surface area (Å²) >= 11 is 11.9. The molecular formula is C25H22ClN5O2S. The molecule has 0 spiro atoms. The van der Waals surface area contributed by atoms with Crippen LogP contribution in [0, 0.1) is 0 Å². The molecule has 1 aromatic carbocycles. The van der Waals surface area contributed by atoms with Crippen molar-refractivity contribution in [2.45, 2.75) is 12.1 Å². The molecule has 4 heterocycles. The van der Waals surface area contributed by atoms with E-state index in [-0.39, 0.29) is 12.1 Å². The SMILES string of the molecule is COc1ccc(OC)c(N2C(=S)N[C@H](c3ccccn3)[C@@H]2c2cccn2-c2ccc(Cl)cn2)c1. The van der Waals surface area contributed by atoms with Crippen LogP contribution in [0.3, 0.4) is 0 Å². The molecule has 0 radical (unpaired) electrons. The van der Waals surface area contributed by atoms with E-state index in [4.69, 9.17) is 33.3 Å². The lowest BCUT2D eigenvalue weighted by molar-refractivity contribution is 0.402. The van der Waals surface area contributed by atoms with E-state index in [0.717, 1.165) is 22.9 Å². The lowest BCUT2D eigenvalue weighted by atomic mass is 10.0. The number of thiocarbonyl (C=S) groups is 1. The summed E-state index contributed by atoms with van der Waals surface area (Å²) in [6.07, 6.45) is 5.40. The number of benzene rings is 1. The molecular weight excluding hydrogens is 470 g/mol. The molecule has 1 N–H and O–H groups in total. The maximum atomic E-state index is 6.09. The Balaban J connectivity index is 1.70. The van der Waals surface area contributed by atoms with Gasteiger partial charge in [-0.25, -0.2) is 4.98 Å². The van der Waals surface area contributed by atoms with Crippen molar-refractivity contribution in [2.24, 2.45) is 0 Å². The number of halogens is 1. The molecule has 1 fully saturated rings. The fraction of sp³-hybridized carbons (Fsp3) is 0.160. The zero-order valence-corrected chi connectivity index (χ0v) is 20.1. The lowest BCUT2D eigenvalue weighted by Crippen LogP contribution is -2.30. The first-order chi connectivity index (χ1) is 16.6. The highest BCUT2D eigenvalue weighted by Gasteiger charge is 2.43. The van der Waals surface area contributed by atoms with Crippen LogP contribution < -0.4 is 19.7 Å². The van der Waals surface area contributed by atoms with Gasteiger partial charge in [-0.2, -0.15) is 0 Å². The van der Waals surface area contributed by atoms with Crippen LogP contribution in [-0.4, -0.2) is 33.9 Å². The molecule has 1 saturated heterocycles. The van der Waals surface area contributed by atoms with Crippen molar-refractivity contribution >= 4 is 34.6 Å². The summed E-state index contributed by atoms with van der Waals surface area (Å²) in [4.78, 5) is 11.2. The second-order valence-corrected chi connectivity index (χ2v) is 8.50. The van der Waals surface area contributed by atoms with E-state index in [9.17, 15) is 0 Å². The second-order valence-electron chi connectivity index (χ2n) is 7.67. The first kappa shape index (κ1) is 22.2. The molecule has 0 unspecified atom stereocenters. The Kier molecular flexibility index (Phi) is 6.08. The minimum atomic E-state index is -0.254. The van der Waals surface area contributed by atoms with Crippen LogP contribution in [-0.2, 0) is 0 Å². The van der Waals surface area contributed by atoms with E-state index in [1.54, 1.807) is 26.6 Å². The number of nitrogens with one attached hydrogen (secondary N) is 1. The molecule has 1 aliphatic heterocycles. The zero-order valence-electron chi connectivity index (χ0n) is 18.6. The van der Waals surface area contributed by atoms with E-state index < -0.39 is 0 Å². The Bertz CT molecular complexity index is 1310. The molecule has 4 aromatic rings. The molecule has 0 saturated carbocycles. The molecule has 0 bridgehead atoms. The van der Waals surface area contributed by atoms with Crippen LogP contribution in [0.25, 0.3) is 5.82 Å². The quantitative estimate of drug-likeness (QED) is 0.376. The van der Waals surface area contributed by atoms with Crippen molar-refractivity contribution in [1.82, 2.24) is 19.9 Å². The number of rotatable bonds is 6. The highest BCUT2D eigenvalue weighted by Crippen LogP contribution is 2.45. The molecule has 34 heavy (non-hydrogen) atoms. The lowest BCUT2D eigenvalue weighted by Gasteiger charge is -2.30. The number of anilines is 1. The van der Waals surface area contributed by atoms with Gasteiger partial charge < -0.3 is 24.3 Å². The van der Waals surface area contributed by atoms with E-state index in [1.165, 1.54) is 0 Å². The standard InChI is InChI=1S/C25H22ClN5O2S/c1-32-17-9-10-21(33-2)20(14-17)31-24(23(29-25(31)34)18-6-3-4-12-27-18)19-7-5-13-30(19)22-11-8-16(26)15-28-22/h3-15,23-24H,1-2H3,(H,29,34)/t23-,24+/m1/s1. The van der Waals surface area contributed by atoms with Crippen LogP contribution in [0.15, 0.2) is 79.3 Å². The third-order valence-corrected chi connectivity index (χ3v) is 6.32. The van der Waals surface area contributed by atoms with E-state index in [2.05, 4.69) is 26.3 Å². The van der Waals surface area contributed by atoms with Crippen molar-refractivity contribution in [3.05, 3.63) is 95.7 Å². The van der Waals surface area contributed by atoms with Crippen LogP contribution in [0.1, 0.15) is 23.5 Å². The predicted molar refractivity (Wildman–Crippen MR) is 136 cm³/mol. The van der Waals surface area contributed by atoms with E-state index in [0.29, 0.717) is 21.6 Å². The van der Waals surface area contributed by atoms with Crippen LogP contribution in [0.5, 0.6) is 11.5 Å². The third kappa shape index (κ3) is 3.95. The number of hydrogen-bond acceptors (Lipinski definition) is 5. The van der Waals surface area contributed by atoms with Gasteiger partial charge in [-0.1, -0.05) is 17.7 Å². The smallest absolute Gasteiger partial charge is 0.174 e. The van der Waals surface area contributed by atoms with Gasteiger partial charge in [0.2, 0.25) is 0 Å². The topological polar surface area (TPSA) is 64.4 Å². The minimum Gasteiger partial charge on any atom is -0.497 e. The van der Waals surface area contributed by atoms with Gasteiger partial charge in [-0.3, -0.25) is 4.98 Å². The minimum absolute atomic E-state index is 0.217. The van der Waals surface area contributed by atoms with Crippen LogP contribution >= 0.6 is 23.8 Å². The number of aromatic nitrogens is 3. The number of hydrogen-bond donors (Lipinski definition) is 1. The van der Waals surface area contributed by atoms with Crippen molar-refractivity contribution < 1.29 is 9.47 Å². The average molecular weight is 492 g/mol. The summed E-state index contributed by atoms with van der Waals surface area (Å²) in [6, 6.07) is 18.8. The van der Waals surface area contributed by atoms with Gasteiger partial charge in [-0.15, -0.1) is 0 Å². The highest BCUT2D eigenvalue weighted by atomic mass is 35.5. The molecule has 0 aliphatic carbocycles. The zero-order chi connectivity index (χ0) is 23.7. The monoisotopic (exact) mass is 491 g/mol. The molecule has 1 aliphatic rings. The molecule has 172 valence electrons. The first-order valence-corrected chi connectivity index (χ1v) is 11.4. The Morgan fingerprint density at radius 2 is 1.88 bits per heavy atom. The summed E-state index contributed by atoms with van der Waals surface area (Å²) in [5.41, 5.74) is 2.64. The van der Waals surface area contributed by atoms with Gasteiger partial charge in [0, 0.05) is 30.4 Å². The average Bonchev–Trinajstić information content (AvgIpc) is 3.49. The maximum Gasteiger partial charge on any atom is 0.174 e. The van der Waals surface area contributed by atoms with Crippen molar-refractivity contribution in [3.63, 3.8) is 0 Å². The molecule has 0 amide bonds. The molecule has 3 aromatic heterocycles. The number of methoxy groups -OCH3 is 2. The Hall–Kier alpha value is -3.62. The maximum absolute atomic E-state index is 6.09. The third-order valence-electron chi connectivity index (χ3n) is 5.79. The summed E-state index contributed by atoms with van der Waals surface area (Å²) in [7, 11) is 3.28.